The van der Waals surface area contributed by atoms with Crippen LogP contribution in [0.3, 0.4) is 0 Å². The van der Waals surface area contributed by atoms with Gasteiger partial charge in [0.15, 0.2) is 5.65 Å². The molecule has 0 saturated heterocycles. The standard InChI is InChI=1S/C12H6BrClF2N4O/c13-7-5-6(14)1-2-8(7)21-10-4-3-9-17-18-12(11(15)16)20(9)19-10/h1-5,11H. The quantitative estimate of drug-likeness (QED) is 0.686. The molecule has 21 heavy (non-hydrogen) atoms. The van der Waals surface area contributed by atoms with E-state index < -0.39 is 12.2 Å². The van der Waals surface area contributed by atoms with Crippen molar-refractivity contribution in [2.45, 2.75) is 6.43 Å². The van der Waals surface area contributed by atoms with E-state index >= 15 is 0 Å². The molecule has 3 rings (SSSR count). The maximum atomic E-state index is 12.8. The summed E-state index contributed by atoms with van der Waals surface area (Å²) in [6, 6.07) is 7.94. The molecule has 1 aromatic carbocycles. The van der Waals surface area contributed by atoms with E-state index in [1.807, 2.05) is 0 Å². The number of ether oxygens (including phenoxy) is 1. The van der Waals surface area contributed by atoms with E-state index in [-0.39, 0.29) is 11.5 Å². The van der Waals surface area contributed by atoms with E-state index in [2.05, 4.69) is 31.2 Å². The Kier molecular flexibility index (Phi) is 3.73. The van der Waals surface area contributed by atoms with Gasteiger partial charge in [-0.1, -0.05) is 11.6 Å². The molecule has 0 N–H and O–H groups in total. The summed E-state index contributed by atoms with van der Waals surface area (Å²) < 4.78 is 32.6. The van der Waals surface area contributed by atoms with Crippen LogP contribution in [0.4, 0.5) is 8.78 Å². The Labute approximate surface area is 130 Å². The molecule has 5 nitrogen and oxygen atoms in total. The third-order valence-corrected chi connectivity index (χ3v) is 3.42. The fourth-order valence-corrected chi connectivity index (χ4v) is 2.41. The van der Waals surface area contributed by atoms with Crippen LogP contribution < -0.4 is 4.74 Å². The van der Waals surface area contributed by atoms with Crippen molar-refractivity contribution in [3.63, 3.8) is 0 Å². The number of rotatable bonds is 3. The minimum atomic E-state index is -2.77. The third-order valence-electron chi connectivity index (χ3n) is 2.57. The Morgan fingerprint density at radius 3 is 2.71 bits per heavy atom. The van der Waals surface area contributed by atoms with Crippen molar-refractivity contribution in [3.05, 3.63) is 45.7 Å². The average molecular weight is 376 g/mol. The number of hydrogen-bond acceptors (Lipinski definition) is 4. The van der Waals surface area contributed by atoms with Crippen LogP contribution in [0.2, 0.25) is 5.02 Å². The van der Waals surface area contributed by atoms with E-state index in [0.717, 1.165) is 4.52 Å². The first-order valence-electron chi connectivity index (χ1n) is 5.68. The minimum absolute atomic E-state index is 0.132. The molecule has 3 aromatic rings. The second-order valence-electron chi connectivity index (χ2n) is 3.98. The van der Waals surface area contributed by atoms with Gasteiger partial charge in [0.25, 0.3) is 6.43 Å². The Bertz CT molecular complexity index is 811. The molecule has 0 radical (unpaired) electrons. The topological polar surface area (TPSA) is 52.3 Å². The van der Waals surface area contributed by atoms with E-state index in [0.29, 0.717) is 15.2 Å². The van der Waals surface area contributed by atoms with Gasteiger partial charge in [-0.05, 0) is 40.2 Å². The summed E-state index contributed by atoms with van der Waals surface area (Å²) in [5.74, 6) is 0.0516. The van der Waals surface area contributed by atoms with Gasteiger partial charge in [0, 0.05) is 11.1 Å². The lowest BCUT2D eigenvalue weighted by molar-refractivity contribution is 0.137. The molecule has 0 aliphatic rings. The highest BCUT2D eigenvalue weighted by Crippen LogP contribution is 2.31. The first-order chi connectivity index (χ1) is 10.0. The largest absolute Gasteiger partial charge is 0.436 e. The molecule has 0 atom stereocenters. The Morgan fingerprint density at radius 1 is 1.19 bits per heavy atom. The Morgan fingerprint density at radius 2 is 2.00 bits per heavy atom. The highest BCUT2D eigenvalue weighted by atomic mass is 79.9. The SMILES string of the molecule is FC(F)c1nnc2ccc(Oc3ccc(Cl)cc3Br)nn12. The number of nitrogens with zero attached hydrogens (tertiary/aromatic N) is 4. The lowest BCUT2D eigenvalue weighted by Gasteiger charge is -2.07. The second kappa shape index (κ2) is 5.53. The number of fused-ring (bicyclic) bond motifs is 1. The van der Waals surface area contributed by atoms with E-state index in [4.69, 9.17) is 16.3 Å². The number of halogens is 4. The summed E-state index contributed by atoms with van der Waals surface area (Å²) in [6.45, 7) is 0. The summed E-state index contributed by atoms with van der Waals surface area (Å²) >= 11 is 9.13. The van der Waals surface area contributed by atoms with Crippen LogP contribution in [-0.4, -0.2) is 19.8 Å². The van der Waals surface area contributed by atoms with Gasteiger partial charge >= 0.3 is 0 Å². The first kappa shape index (κ1) is 14.2. The van der Waals surface area contributed by atoms with Crippen LogP contribution in [-0.2, 0) is 0 Å². The molecule has 0 aliphatic carbocycles. The van der Waals surface area contributed by atoms with Crippen molar-refractivity contribution < 1.29 is 13.5 Å². The zero-order valence-corrected chi connectivity index (χ0v) is 12.5. The van der Waals surface area contributed by atoms with Crippen LogP contribution in [0, 0.1) is 0 Å². The number of hydrogen-bond donors (Lipinski definition) is 0. The molecule has 0 bridgehead atoms. The zero-order valence-electron chi connectivity index (χ0n) is 10.2. The van der Waals surface area contributed by atoms with Crippen molar-refractivity contribution >= 4 is 33.2 Å². The molecule has 0 amide bonds. The van der Waals surface area contributed by atoms with Gasteiger partial charge in [0.1, 0.15) is 5.75 Å². The van der Waals surface area contributed by atoms with Crippen molar-refractivity contribution in [1.29, 1.82) is 0 Å². The highest BCUT2D eigenvalue weighted by Gasteiger charge is 2.17. The third kappa shape index (κ3) is 2.81. The smallest absolute Gasteiger partial charge is 0.299 e. The molecule has 0 saturated carbocycles. The lowest BCUT2D eigenvalue weighted by Crippen LogP contribution is -2.01. The fourth-order valence-electron chi connectivity index (χ4n) is 1.65. The molecule has 9 heteroatoms. The van der Waals surface area contributed by atoms with Gasteiger partial charge < -0.3 is 4.74 Å². The van der Waals surface area contributed by atoms with E-state index in [9.17, 15) is 8.78 Å². The fraction of sp³-hybridized carbons (Fsp3) is 0.0833. The number of aromatic nitrogens is 4. The lowest BCUT2D eigenvalue weighted by atomic mass is 10.3. The van der Waals surface area contributed by atoms with Gasteiger partial charge in [-0.25, -0.2) is 8.78 Å². The maximum Gasteiger partial charge on any atom is 0.299 e. The molecule has 2 aromatic heterocycles. The summed E-state index contributed by atoms with van der Waals surface area (Å²) in [5, 5.41) is 11.5. The summed E-state index contributed by atoms with van der Waals surface area (Å²) in [5.41, 5.74) is 0.216. The van der Waals surface area contributed by atoms with Crippen molar-refractivity contribution in [3.8, 4) is 11.6 Å². The Hall–Kier alpha value is -1.80. The summed E-state index contributed by atoms with van der Waals surface area (Å²) in [6.07, 6.45) is -2.77. The first-order valence-corrected chi connectivity index (χ1v) is 6.85. The summed E-state index contributed by atoms with van der Waals surface area (Å²) in [4.78, 5) is 0. The molecule has 0 fully saturated rings. The van der Waals surface area contributed by atoms with E-state index in [1.54, 1.807) is 18.2 Å². The number of benzene rings is 1. The molecular formula is C12H6BrClF2N4O. The predicted octanol–water partition coefficient (Wildman–Crippen LogP) is 4.27. The van der Waals surface area contributed by atoms with Crippen LogP contribution in [0.1, 0.15) is 12.2 Å². The predicted molar refractivity (Wildman–Crippen MR) is 75.0 cm³/mol. The Balaban J connectivity index is 1.99. The zero-order chi connectivity index (χ0) is 15.0. The molecule has 0 spiro atoms. The molecule has 0 aliphatic heterocycles. The van der Waals surface area contributed by atoms with Crippen molar-refractivity contribution in [2.75, 3.05) is 0 Å². The maximum absolute atomic E-state index is 12.8. The van der Waals surface area contributed by atoms with Crippen LogP contribution >= 0.6 is 27.5 Å². The molecular weight excluding hydrogens is 370 g/mol. The van der Waals surface area contributed by atoms with Gasteiger partial charge in [-0.2, -0.15) is 4.52 Å². The molecule has 0 unspecified atom stereocenters. The summed E-state index contributed by atoms with van der Waals surface area (Å²) in [7, 11) is 0. The monoisotopic (exact) mass is 374 g/mol. The average Bonchev–Trinajstić information content (AvgIpc) is 2.85. The molecule has 108 valence electrons. The van der Waals surface area contributed by atoms with Gasteiger partial charge in [-0.15, -0.1) is 15.3 Å². The van der Waals surface area contributed by atoms with Gasteiger partial charge in [0.05, 0.1) is 4.47 Å². The molecule has 2 heterocycles. The highest BCUT2D eigenvalue weighted by molar-refractivity contribution is 9.10. The van der Waals surface area contributed by atoms with Crippen LogP contribution in [0.15, 0.2) is 34.8 Å². The van der Waals surface area contributed by atoms with Crippen molar-refractivity contribution in [2.24, 2.45) is 0 Å². The second-order valence-corrected chi connectivity index (χ2v) is 5.27. The normalized spacial score (nSPS) is 11.3. The minimum Gasteiger partial charge on any atom is -0.436 e. The van der Waals surface area contributed by atoms with Crippen LogP contribution in [0.25, 0.3) is 5.65 Å². The number of alkyl halides is 2. The van der Waals surface area contributed by atoms with E-state index in [1.165, 1.54) is 12.1 Å². The van der Waals surface area contributed by atoms with Gasteiger partial charge in [-0.3, -0.25) is 0 Å². The van der Waals surface area contributed by atoms with Gasteiger partial charge in [0.2, 0.25) is 11.7 Å². The van der Waals surface area contributed by atoms with Crippen LogP contribution in [0.5, 0.6) is 11.6 Å². The van der Waals surface area contributed by atoms with Crippen molar-refractivity contribution in [1.82, 2.24) is 19.8 Å².